The molecule has 0 unspecified atom stereocenters. The molecule has 1 radical (unpaired) electrons. The highest BCUT2D eigenvalue weighted by Gasteiger charge is 2.08. The highest BCUT2D eigenvalue weighted by Crippen LogP contribution is 2.26. The molecule has 15 heavy (non-hydrogen) atoms. The Morgan fingerprint density at radius 1 is 1.27 bits per heavy atom. The van der Waals surface area contributed by atoms with Gasteiger partial charge in [-0.2, -0.15) is 4.68 Å². The maximum Gasteiger partial charge on any atom is 0.226 e. The third-order valence-electron chi connectivity index (χ3n) is 1.93. The Morgan fingerprint density at radius 2 is 2.13 bits per heavy atom. The predicted molar refractivity (Wildman–Crippen MR) is 51.1 cm³/mol. The summed E-state index contributed by atoms with van der Waals surface area (Å²) < 4.78 is 11.7. The lowest BCUT2D eigenvalue weighted by atomic mass is 10.3. The second kappa shape index (κ2) is 3.95. The number of rotatable bonds is 3. The van der Waals surface area contributed by atoms with Gasteiger partial charge in [0.1, 0.15) is 17.2 Å². The van der Waals surface area contributed by atoms with Gasteiger partial charge in [0.05, 0.1) is 14.2 Å². The fourth-order valence-electron chi connectivity index (χ4n) is 1.21. The number of benzene rings is 1. The lowest BCUT2D eigenvalue weighted by Gasteiger charge is -2.08. The zero-order valence-corrected chi connectivity index (χ0v) is 8.34. The highest BCUT2D eigenvalue weighted by atomic mass is 16.5. The van der Waals surface area contributed by atoms with E-state index in [-0.39, 0.29) is 0 Å². The Labute approximate surface area is 86.4 Å². The zero-order chi connectivity index (χ0) is 10.7. The Kier molecular flexibility index (Phi) is 2.49. The minimum atomic E-state index is 0.652. The number of hydrogen-bond donors (Lipinski definition) is 0. The maximum atomic E-state index is 5.18. The maximum absolute atomic E-state index is 5.18. The molecule has 2 rings (SSSR count). The summed E-state index contributed by atoms with van der Waals surface area (Å²) >= 11 is 0. The SMILES string of the molecule is COc1ccc(OC)c(-n2[c]nnn2)c1. The number of hydrogen-bond acceptors (Lipinski definition) is 5. The molecule has 77 valence electrons. The molecule has 0 aliphatic carbocycles. The first-order valence-corrected chi connectivity index (χ1v) is 4.23. The first-order chi connectivity index (χ1) is 7.35. The van der Waals surface area contributed by atoms with E-state index in [1.54, 1.807) is 32.4 Å². The van der Waals surface area contributed by atoms with Gasteiger partial charge in [-0.3, -0.25) is 0 Å². The van der Waals surface area contributed by atoms with Crippen molar-refractivity contribution in [3.63, 3.8) is 0 Å². The molecule has 6 nitrogen and oxygen atoms in total. The minimum Gasteiger partial charge on any atom is -0.497 e. The standard InChI is InChI=1S/C9H9N4O2/c1-14-7-3-4-9(15-2)8(5-7)13-6-10-11-12-13/h3-5H,1-2H3. The van der Waals surface area contributed by atoms with Crippen LogP contribution in [0.5, 0.6) is 11.5 Å². The van der Waals surface area contributed by atoms with E-state index in [1.165, 1.54) is 4.68 Å². The van der Waals surface area contributed by atoms with Gasteiger partial charge in [0.15, 0.2) is 0 Å². The van der Waals surface area contributed by atoms with Crippen LogP contribution in [0.1, 0.15) is 0 Å². The van der Waals surface area contributed by atoms with Crippen molar-refractivity contribution in [1.29, 1.82) is 0 Å². The minimum absolute atomic E-state index is 0.652. The van der Waals surface area contributed by atoms with E-state index in [0.29, 0.717) is 17.2 Å². The van der Waals surface area contributed by atoms with E-state index in [4.69, 9.17) is 9.47 Å². The largest absolute Gasteiger partial charge is 0.497 e. The number of ether oxygens (including phenoxy) is 2. The van der Waals surface area contributed by atoms with Gasteiger partial charge in [-0.25, -0.2) is 0 Å². The summed E-state index contributed by atoms with van der Waals surface area (Å²) in [6, 6.07) is 5.35. The molecule has 6 heteroatoms. The van der Waals surface area contributed by atoms with Crippen LogP contribution >= 0.6 is 0 Å². The zero-order valence-electron chi connectivity index (χ0n) is 8.34. The molecule has 1 aromatic carbocycles. The van der Waals surface area contributed by atoms with Gasteiger partial charge >= 0.3 is 0 Å². The summed E-state index contributed by atoms with van der Waals surface area (Å²) in [6.07, 6.45) is 2.59. The van der Waals surface area contributed by atoms with Crippen LogP contribution < -0.4 is 9.47 Å². The van der Waals surface area contributed by atoms with Crippen LogP contribution in [0.15, 0.2) is 18.2 Å². The molecule has 0 amide bonds. The van der Waals surface area contributed by atoms with Crippen molar-refractivity contribution in [2.75, 3.05) is 14.2 Å². The van der Waals surface area contributed by atoms with Crippen molar-refractivity contribution in [3.05, 3.63) is 24.5 Å². The summed E-state index contributed by atoms with van der Waals surface area (Å²) in [5, 5.41) is 10.7. The van der Waals surface area contributed by atoms with Gasteiger partial charge < -0.3 is 9.47 Å². The summed E-state index contributed by atoms with van der Waals surface area (Å²) in [4.78, 5) is 0. The van der Waals surface area contributed by atoms with Crippen LogP contribution in [0, 0.1) is 6.33 Å². The van der Waals surface area contributed by atoms with Crippen molar-refractivity contribution >= 4 is 0 Å². The van der Waals surface area contributed by atoms with Crippen molar-refractivity contribution in [1.82, 2.24) is 20.2 Å². The number of aromatic nitrogens is 4. The highest BCUT2D eigenvalue weighted by molar-refractivity contribution is 5.50. The summed E-state index contributed by atoms with van der Waals surface area (Å²) in [5.41, 5.74) is 0.682. The lowest BCUT2D eigenvalue weighted by molar-refractivity contribution is 0.400. The fourth-order valence-corrected chi connectivity index (χ4v) is 1.21. The van der Waals surface area contributed by atoms with Gasteiger partial charge in [-0.15, -0.1) is 5.10 Å². The van der Waals surface area contributed by atoms with Gasteiger partial charge in [0.2, 0.25) is 6.33 Å². The molecule has 0 N–H and O–H groups in total. The average Bonchev–Trinajstić information content (AvgIpc) is 2.81. The average molecular weight is 205 g/mol. The first kappa shape index (κ1) is 9.45. The van der Waals surface area contributed by atoms with Crippen LogP contribution in [-0.2, 0) is 0 Å². The van der Waals surface area contributed by atoms with Crippen molar-refractivity contribution in [3.8, 4) is 17.2 Å². The van der Waals surface area contributed by atoms with E-state index >= 15 is 0 Å². The van der Waals surface area contributed by atoms with Crippen molar-refractivity contribution in [2.45, 2.75) is 0 Å². The molecule has 0 atom stereocenters. The lowest BCUT2D eigenvalue weighted by Crippen LogP contribution is -2.00. The molecule has 0 aliphatic heterocycles. The smallest absolute Gasteiger partial charge is 0.226 e. The molecule has 0 saturated heterocycles. The number of nitrogens with zero attached hydrogens (tertiary/aromatic N) is 4. The monoisotopic (exact) mass is 205 g/mol. The van der Waals surface area contributed by atoms with Crippen LogP contribution in [-0.4, -0.2) is 34.4 Å². The van der Waals surface area contributed by atoms with Crippen molar-refractivity contribution < 1.29 is 9.47 Å². The Balaban J connectivity index is 2.52. The summed E-state index contributed by atoms with van der Waals surface area (Å²) in [5.74, 6) is 1.36. The van der Waals surface area contributed by atoms with Crippen LogP contribution in [0.2, 0.25) is 0 Å². The first-order valence-electron chi connectivity index (χ1n) is 4.23. The molecule has 0 bridgehead atoms. The molecule has 1 heterocycles. The van der Waals surface area contributed by atoms with E-state index in [2.05, 4.69) is 21.9 Å². The van der Waals surface area contributed by atoms with Gasteiger partial charge in [0.25, 0.3) is 0 Å². The van der Waals surface area contributed by atoms with Crippen LogP contribution in [0.25, 0.3) is 5.69 Å². The molecule has 1 aromatic heterocycles. The fraction of sp³-hybridized carbons (Fsp3) is 0.222. The molecule has 0 aliphatic rings. The quantitative estimate of drug-likeness (QED) is 0.729. The molecular weight excluding hydrogens is 196 g/mol. The van der Waals surface area contributed by atoms with Gasteiger partial charge in [0, 0.05) is 6.07 Å². The van der Waals surface area contributed by atoms with Gasteiger partial charge in [-0.05, 0) is 22.6 Å². The third kappa shape index (κ3) is 1.74. The Morgan fingerprint density at radius 3 is 2.73 bits per heavy atom. The summed E-state index contributed by atoms with van der Waals surface area (Å²) in [6.45, 7) is 0. The molecule has 0 saturated carbocycles. The number of methoxy groups -OCH3 is 2. The molecule has 2 aromatic rings. The Hall–Kier alpha value is -2.11. The molecule has 0 spiro atoms. The van der Waals surface area contributed by atoms with Crippen molar-refractivity contribution in [2.24, 2.45) is 0 Å². The topological polar surface area (TPSA) is 62.1 Å². The normalized spacial score (nSPS) is 10.0. The number of tetrazole rings is 1. The second-order valence-electron chi connectivity index (χ2n) is 2.73. The van der Waals surface area contributed by atoms with E-state index in [9.17, 15) is 0 Å². The third-order valence-corrected chi connectivity index (χ3v) is 1.93. The van der Waals surface area contributed by atoms with E-state index in [1.807, 2.05) is 0 Å². The second-order valence-corrected chi connectivity index (χ2v) is 2.73. The molecule has 0 fully saturated rings. The molecular formula is C9H9N4O2. The van der Waals surface area contributed by atoms with Crippen LogP contribution in [0.4, 0.5) is 0 Å². The Bertz CT molecular complexity index is 441. The van der Waals surface area contributed by atoms with Gasteiger partial charge in [-0.1, -0.05) is 0 Å². The summed E-state index contributed by atoms with van der Waals surface area (Å²) in [7, 11) is 3.17. The predicted octanol–water partition coefficient (Wildman–Crippen LogP) is 0.480. The van der Waals surface area contributed by atoms with E-state index in [0.717, 1.165) is 0 Å². The van der Waals surface area contributed by atoms with Crippen LogP contribution in [0.3, 0.4) is 0 Å². The van der Waals surface area contributed by atoms with E-state index < -0.39 is 0 Å².